The van der Waals surface area contributed by atoms with Gasteiger partial charge >= 0.3 is 0 Å². The Morgan fingerprint density at radius 1 is 1.53 bits per heavy atom. The van der Waals surface area contributed by atoms with Crippen LogP contribution < -0.4 is 11.1 Å². The molecule has 17 heavy (non-hydrogen) atoms. The molecular formula is C13H17FN2O. The van der Waals surface area contributed by atoms with Crippen molar-refractivity contribution in [2.24, 2.45) is 5.73 Å². The molecule has 3 N–H and O–H groups in total. The highest BCUT2D eigenvalue weighted by atomic mass is 19.1. The Hall–Kier alpha value is -1.42. The quantitative estimate of drug-likeness (QED) is 0.820. The van der Waals surface area contributed by atoms with Gasteiger partial charge in [-0.1, -0.05) is 12.1 Å². The number of nitrogens with two attached hydrogens (primary N) is 1. The molecule has 4 heteroatoms. The molecule has 0 bridgehead atoms. The predicted octanol–water partition coefficient (Wildman–Crippen LogP) is 1.67. The number of carbonyl (C=O) groups excluding carboxylic acids is 1. The molecule has 1 atom stereocenters. The number of nitrogens with one attached hydrogen (secondary N) is 1. The summed E-state index contributed by atoms with van der Waals surface area (Å²) in [6.45, 7) is 3.31. The van der Waals surface area contributed by atoms with E-state index in [0.29, 0.717) is 12.0 Å². The maximum atomic E-state index is 13.5. The Balaban J connectivity index is 2.18. The van der Waals surface area contributed by atoms with Crippen LogP contribution in [0.1, 0.15) is 37.4 Å². The lowest BCUT2D eigenvalue weighted by molar-refractivity contribution is -0.126. The number of hydrogen-bond acceptors (Lipinski definition) is 2. The third-order valence-corrected chi connectivity index (χ3v) is 3.10. The van der Waals surface area contributed by atoms with Gasteiger partial charge in [0.15, 0.2) is 0 Å². The van der Waals surface area contributed by atoms with Crippen LogP contribution in [0.2, 0.25) is 0 Å². The molecular weight excluding hydrogens is 219 g/mol. The Labute approximate surface area is 100 Å². The predicted molar refractivity (Wildman–Crippen MR) is 63.9 cm³/mol. The molecule has 1 aliphatic rings. The van der Waals surface area contributed by atoms with Crippen LogP contribution in [0.4, 0.5) is 4.39 Å². The number of rotatable bonds is 2. The van der Waals surface area contributed by atoms with Crippen molar-refractivity contribution in [2.45, 2.75) is 38.3 Å². The first-order valence-corrected chi connectivity index (χ1v) is 5.76. The van der Waals surface area contributed by atoms with Crippen molar-refractivity contribution in [3.05, 3.63) is 35.1 Å². The highest BCUT2D eigenvalue weighted by Crippen LogP contribution is 2.32. The third kappa shape index (κ3) is 2.31. The van der Waals surface area contributed by atoms with E-state index in [1.807, 2.05) is 6.07 Å². The second-order valence-corrected chi connectivity index (χ2v) is 5.09. The van der Waals surface area contributed by atoms with Crippen molar-refractivity contribution in [2.75, 3.05) is 0 Å². The van der Waals surface area contributed by atoms with Gasteiger partial charge in [-0.25, -0.2) is 4.39 Å². The smallest absolute Gasteiger partial charge is 0.239 e. The Kier molecular flexibility index (Phi) is 2.91. The van der Waals surface area contributed by atoms with Gasteiger partial charge in [0, 0.05) is 0 Å². The fraction of sp³-hybridized carbons (Fsp3) is 0.462. The summed E-state index contributed by atoms with van der Waals surface area (Å²) in [5.41, 5.74) is 6.41. The lowest BCUT2D eigenvalue weighted by atomic mass is 10.0. The van der Waals surface area contributed by atoms with Crippen molar-refractivity contribution >= 4 is 5.91 Å². The number of hydrogen-bond donors (Lipinski definition) is 2. The van der Waals surface area contributed by atoms with E-state index in [1.165, 1.54) is 6.07 Å². The number of halogens is 1. The van der Waals surface area contributed by atoms with Crippen LogP contribution in [0.3, 0.4) is 0 Å². The van der Waals surface area contributed by atoms with Crippen molar-refractivity contribution in [3.63, 3.8) is 0 Å². The Morgan fingerprint density at radius 2 is 2.24 bits per heavy atom. The van der Waals surface area contributed by atoms with E-state index in [-0.39, 0.29) is 17.8 Å². The topological polar surface area (TPSA) is 55.1 Å². The highest BCUT2D eigenvalue weighted by molar-refractivity contribution is 5.85. The minimum absolute atomic E-state index is 0.115. The van der Waals surface area contributed by atoms with E-state index >= 15 is 0 Å². The molecule has 0 aromatic heterocycles. The van der Waals surface area contributed by atoms with E-state index in [1.54, 1.807) is 19.9 Å². The van der Waals surface area contributed by atoms with Crippen molar-refractivity contribution in [3.8, 4) is 0 Å². The van der Waals surface area contributed by atoms with Crippen LogP contribution in [0.25, 0.3) is 0 Å². The SMILES string of the molecule is CC(C)(N)C(=O)NC1CCc2c(F)cccc21. The molecule has 0 saturated heterocycles. The minimum atomic E-state index is -0.907. The summed E-state index contributed by atoms with van der Waals surface area (Å²) >= 11 is 0. The highest BCUT2D eigenvalue weighted by Gasteiger charge is 2.30. The molecule has 0 heterocycles. The van der Waals surface area contributed by atoms with Gasteiger partial charge in [-0.2, -0.15) is 0 Å². The lowest BCUT2D eigenvalue weighted by Crippen LogP contribution is -2.49. The summed E-state index contributed by atoms with van der Waals surface area (Å²) in [6, 6.07) is 4.87. The number of amides is 1. The van der Waals surface area contributed by atoms with Crippen LogP contribution in [0.5, 0.6) is 0 Å². The standard InChI is InChI=1S/C13H17FN2O/c1-13(2,15)12(17)16-11-7-6-8-9(11)4-3-5-10(8)14/h3-5,11H,6-7,15H2,1-2H3,(H,16,17). The normalized spacial score (nSPS) is 18.9. The van der Waals surface area contributed by atoms with Crippen LogP contribution in [-0.2, 0) is 11.2 Å². The van der Waals surface area contributed by atoms with Gasteiger partial charge in [-0.3, -0.25) is 4.79 Å². The molecule has 1 aromatic carbocycles. The molecule has 0 radical (unpaired) electrons. The first-order valence-electron chi connectivity index (χ1n) is 5.76. The van der Waals surface area contributed by atoms with Crippen molar-refractivity contribution in [1.82, 2.24) is 5.32 Å². The summed E-state index contributed by atoms with van der Waals surface area (Å²) in [6.07, 6.45) is 1.40. The molecule has 0 saturated carbocycles. The summed E-state index contributed by atoms with van der Waals surface area (Å²) in [5, 5.41) is 2.87. The molecule has 0 aliphatic heterocycles. The first kappa shape index (κ1) is 12.0. The molecule has 3 nitrogen and oxygen atoms in total. The van der Waals surface area contributed by atoms with E-state index in [0.717, 1.165) is 12.0 Å². The fourth-order valence-corrected chi connectivity index (χ4v) is 2.10. The van der Waals surface area contributed by atoms with E-state index < -0.39 is 5.54 Å². The third-order valence-electron chi connectivity index (χ3n) is 3.10. The maximum absolute atomic E-state index is 13.5. The molecule has 2 rings (SSSR count). The van der Waals surface area contributed by atoms with Gasteiger partial charge in [0.1, 0.15) is 5.82 Å². The fourth-order valence-electron chi connectivity index (χ4n) is 2.10. The minimum Gasteiger partial charge on any atom is -0.348 e. The van der Waals surface area contributed by atoms with Crippen molar-refractivity contribution < 1.29 is 9.18 Å². The Bertz CT molecular complexity index is 451. The van der Waals surface area contributed by atoms with Crippen LogP contribution in [0.15, 0.2) is 18.2 Å². The molecule has 1 amide bonds. The molecule has 1 unspecified atom stereocenters. The number of carbonyl (C=O) groups is 1. The summed E-state index contributed by atoms with van der Waals surface area (Å²) in [7, 11) is 0. The second-order valence-electron chi connectivity index (χ2n) is 5.09. The van der Waals surface area contributed by atoms with Crippen LogP contribution >= 0.6 is 0 Å². The van der Waals surface area contributed by atoms with Gasteiger partial charge in [-0.05, 0) is 43.9 Å². The summed E-state index contributed by atoms with van der Waals surface area (Å²) in [4.78, 5) is 11.8. The monoisotopic (exact) mass is 236 g/mol. The lowest BCUT2D eigenvalue weighted by Gasteiger charge is -2.22. The number of benzene rings is 1. The van der Waals surface area contributed by atoms with Gasteiger partial charge in [0.05, 0.1) is 11.6 Å². The molecule has 0 fully saturated rings. The summed E-state index contributed by atoms with van der Waals surface area (Å²) in [5.74, 6) is -0.397. The van der Waals surface area contributed by atoms with E-state index in [2.05, 4.69) is 5.32 Å². The van der Waals surface area contributed by atoms with Gasteiger partial charge < -0.3 is 11.1 Å². The molecule has 1 aromatic rings. The average Bonchev–Trinajstić information content (AvgIpc) is 2.62. The largest absolute Gasteiger partial charge is 0.348 e. The van der Waals surface area contributed by atoms with Crippen LogP contribution in [-0.4, -0.2) is 11.4 Å². The second kappa shape index (κ2) is 4.11. The first-order chi connectivity index (χ1) is 7.89. The zero-order chi connectivity index (χ0) is 12.6. The van der Waals surface area contributed by atoms with E-state index in [4.69, 9.17) is 5.73 Å². The molecule has 1 aliphatic carbocycles. The number of fused-ring (bicyclic) bond motifs is 1. The van der Waals surface area contributed by atoms with Gasteiger partial charge in [0.2, 0.25) is 5.91 Å². The van der Waals surface area contributed by atoms with E-state index in [9.17, 15) is 9.18 Å². The van der Waals surface area contributed by atoms with Gasteiger partial charge in [0.25, 0.3) is 0 Å². The zero-order valence-corrected chi connectivity index (χ0v) is 10.1. The maximum Gasteiger partial charge on any atom is 0.239 e. The summed E-state index contributed by atoms with van der Waals surface area (Å²) < 4.78 is 13.5. The molecule has 92 valence electrons. The van der Waals surface area contributed by atoms with Gasteiger partial charge in [-0.15, -0.1) is 0 Å². The molecule has 0 spiro atoms. The average molecular weight is 236 g/mol. The van der Waals surface area contributed by atoms with Crippen LogP contribution in [0, 0.1) is 5.82 Å². The zero-order valence-electron chi connectivity index (χ0n) is 10.1. The van der Waals surface area contributed by atoms with Crippen molar-refractivity contribution in [1.29, 1.82) is 0 Å². The Morgan fingerprint density at radius 3 is 2.88 bits per heavy atom.